The van der Waals surface area contributed by atoms with E-state index < -0.39 is 0 Å². The first-order valence-electron chi connectivity index (χ1n) is 6.63. The number of benzene rings is 1. The van der Waals surface area contributed by atoms with Crippen molar-refractivity contribution in [3.05, 3.63) is 52.1 Å². The topological polar surface area (TPSA) is 17.8 Å². The molecule has 0 saturated carbocycles. The molecule has 0 fully saturated rings. The van der Waals surface area contributed by atoms with E-state index in [0.29, 0.717) is 5.92 Å². The summed E-state index contributed by atoms with van der Waals surface area (Å²) >= 11 is 1.76. The summed E-state index contributed by atoms with van der Waals surface area (Å²) in [7, 11) is 0. The zero-order chi connectivity index (χ0) is 13.4. The number of aromatic nitrogens is 2. The second kappa shape index (κ2) is 4.82. The van der Waals surface area contributed by atoms with Crippen molar-refractivity contribution in [1.82, 2.24) is 9.55 Å². The molecule has 3 aromatic rings. The highest BCUT2D eigenvalue weighted by atomic mass is 32.1. The minimum atomic E-state index is 0.516. The number of aryl methyl sites for hydroxylation is 1. The highest BCUT2D eigenvalue weighted by molar-refractivity contribution is 7.09. The number of hydrogen-bond donors (Lipinski definition) is 0. The van der Waals surface area contributed by atoms with Gasteiger partial charge in [0.1, 0.15) is 0 Å². The Morgan fingerprint density at radius 1 is 1.26 bits per heavy atom. The third-order valence-electron chi connectivity index (χ3n) is 3.33. The molecule has 0 unspecified atom stereocenters. The van der Waals surface area contributed by atoms with E-state index in [1.54, 1.807) is 11.3 Å². The van der Waals surface area contributed by atoms with E-state index in [2.05, 4.69) is 61.2 Å². The summed E-state index contributed by atoms with van der Waals surface area (Å²) in [5.41, 5.74) is 3.75. The van der Waals surface area contributed by atoms with Gasteiger partial charge in [-0.15, -0.1) is 11.3 Å². The maximum Gasteiger partial charge on any atom is 0.0954 e. The molecule has 2 aromatic heterocycles. The molecule has 0 aliphatic carbocycles. The lowest BCUT2D eigenvalue weighted by Crippen LogP contribution is -1.99. The van der Waals surface area contributed by atoms with E-state index in [0.717, 1.165) is 12.2 Å². The van der Waals surface area contributed by atoms with Crippen LogP contribution in [0.25, 0.3) is 10.9 Å². The van der Waals surface area contributed by atoms with Gasteiger partial charge in [0, 0.05) is 23.0 Å². The van der Waals surface area contributed by atoms with Gasteiger partial charge in [-0.1, -0.05) is 26.0 Å². The lowest BCUT2D eigenvalue weighted by Gasteiger charge is -2.04. The van der Waals surface area contributed by atoms with Crippen LogP contribution in [0.4, 0.5) is 0 Å². The van der Waals surface area contributed by atoms with Crippen LogP contribution >= 0.6 is 11.3 Å². The zero-order valence-corrected chi connectivity index (χ0v) is 12.4. The minimum absolute atomic E-state index is 0.516. The van der Waals surface area contributed by atoms with Crippen molar-refractivity contribution in [2.75, 3.05) is 0 Å². The Kier molecular flexibility index (Phi) is 3.15. The highest BCUT2D eigenvalue weighted by Crippen LogP contribution is 2.22. The van der Waals surface area contributed by atoms with Crippen molar-refractivity contribution in [3.63, 3.8) is 0 Å². The van der Waals surface area contributed by atoms with Crippen LogP contribution in [-0.2, 0) is 6.54 Å². The largest absolute Gasteiger partial charge is 0.341 e. The number of hydrogen-bond acceptors (Lipinski definition) is 2. The second-order valence-corrected chi connectivity index (χ2v) is 6.23. The number of rotatable bonds is 3. The van der Waals surface area contributed by atoms with Gasteiger partial charge in [0.05, 0.1) is 17.2 Å². The fourth-order valence-electron chi connectivity index (χ4n) is 2.27. The van der Waals surface area contributed by atoms with Crippen molar-refractivity contribution in [2.24, 2.45) is 0 Å². The van der Waals surface area contributed by atoms with E-state index in [1.165, 1.54) is 21.5 Å². The standard InChI is InChI=1S/C16H18N2S/c1-11(2)16-17-14(10-19-16)9-18-7-6-13-5-4-12(3)8-15(13)18/h4-8,10-11H,9H2,1-3H3. The molecule has 19 heavy (non-hydrogen) atoms. The van der Waals surface area contributed by atoms with Crippen LogP contribution < -0.4 is 0 Å². The van der Waals surface area contributed by atoms with E-state index in [-0.39, 0.29) is 0 Å². The molecule has 0 saturated heterocycles. The number of thiazole rings is 1. The average Bonchev–Trinajstić information content (AvgIpc) is 2.98. The van der Waals surface area contributed by atoms with Gasteiger partial charge >= 0.3 is 0 Å². The molecule has 98 valence electrons. The summed E-state index contributed by atoms with van der Waals surface area (Å²) in [5.74, 6) is 0.516. The molecule has 1 aromatic carbocycles. The molecule has 0 spiro atoms. The fraction of sp³-hybridized carbons (Fsp3) is 0.312. The first-order valence-corrected chi connectivity index (χ1v) is 7.51. The Hall–Kier alpha value is -1.61. The van der Waals surface area contributed by atoms with E-state index >= 15 is 0 Å². The summed E-state index contributed by atoms with van der Waals surface area (Å²) in [4.78, 5) is 4.71. The predicted octanol–water partition coefficient (Wildman–Crippen LogP) is 4.58. The summed E-state index contributed by atoms with van der Waals surface area (Å²) in [6.07, 6.45) is 2.15. The second-order valence-electron chi connectivity index (χ2n) is 5.34. The zero-order valence-electron chi connectivity index (χ0n) is 11.6. The molecular weight excluding hydrogens is 252 g/mol. The summed E-state index contributed by atoms with van der Waals surface area (Å²) in [6, 6.07) is 8.75. The van der Waals surface area contributed by atoms with Gasteiger partial charge in [0.25, 0.3) is 0 Å². The lowest BCUT2D eigenvalue weighted by atomic mass is 10.2. The molecule has 0 radical (unpaired) electrons. The molecule has 2 heterocycles. The predicted molar refractivity (Wildman–Crippen MR) is 82.0 cm³/mol. The molecular formula is C16H18N2S. The van der Waals surface area contributed by atoms with Gasteiger partial charge in [-0.3, -0.25) is 0 Å². The average molecular weight is 270 g/mol. The van der Waals surface area contributed by atoms with E-state index in [4.69, 9.17) is 4.98 Å². The molecule has 0 aliphatic rings. The van der Waals surface area contributed by atoms with Crippen molar-refractivity contribution < 1.29 is 0 Å². The Balaban J connectivity index is 1.94. The third kappa shape index (κ3) is 2.43. The number of fused-ring (bicyclic) bond motifs is 1. The van der Waals surface area contributed by atoms with Gasteiger partial charge in [-0.05, 0) is 30.0 Å². The Morgan fingerprint density at radius 2 is 2.11 bits per heavy atom. The van der Waals surface area contributed by atoms with Gasteiger partial charge < -0.3 is 4.57 Å². The summed E-state index contributed by atoms with van der Waals surface area (Å²) < 4.78 is 2.28. The van der Waals surface area contributed by atoms with Gasteiger partial charge in [0.15, 0.2) is 0 Å². The normalized spacial score (nSPS) is 11.6. The van der Waals surface area contributed by atoms with Crippen LogP contribution in [0.2, 0.25) is 0 Å². The van der Waals surface area contributed by atoms with Gasteiger partial charge in [-0.2, -0.15) is 0 Å². The minimum Gasteiger partial charge on any atom is -0.341 e. The Labute approximate surface area is 117 Å². The molecule has 3 rings (SSSR count). The Morgan fingerprint density at radius 3 is 2.84 bits per heavy atom. The molecule has 2 nitrogen and oxygen atoms in total. The van der Waals surface area contributed by atoms with Crippen LogP contribution in [-0.4, -0.2) is 9.55 Å². The van der Waals surface area contributed by atoms with Crippen LogP contribution in [0.5, 0.6) is 0 Å². The molecule has 0 aliphatic heterocycles. The van der Waals surface area contributed by atoms with E-state index in [1.807, 2.05) is 0 Å². The van der Waals surface area contributed by atoms with Crippen LogP contribution in [0.3, 0.4) is 0 Å². The molecule has 0 bridgehead atoms. The Bertz CT molecular complexity index is 706. The van der Waals surface area contributed by atoms with Gasteiger partial charge in [-0.25, -0.2) is 4.98 Å². The maximum atomic E-state index is 4.71. The maximum absolute atomic E-state index is 4.71. The summed E-state index contributed by atoms with van der Waals surface area (Å²) in [6.45, 7) is 7.38. The van der Waals surface area contributed by atoms with Crippen LogP contribution in [0, 0.1) is 6.92 Å². The molecule has 0 N–H and O–H groups in total. The van der Waals surface area contributed by atoms with Crippen molar-refractivity contribution >= 4 is 22.2 Å². The van der Waals surface area contributed by atoms with Gasteiger partial charge in [0.2, 0.25) is 0 Å². The summed E-state index contributed by atoms with van der Waals surface area (Å²) in [5, 5.41) is 4.70. The first-order chi connectivity index (χ1) is 9.13. The van der Waals surface area contributed by atoms with E-state index in [9.17, 15) is 0 Å². The van der Waals surface area contributed by atoms with Crippen molar-refractivity contribution in [3.8, 4) is 0 Å². The first kappa shape index (κ1) is 12.4. The quantitative estimate of drug-likeness (QED) is 0.681. The van der Waals surface area contributed by atoms with Crippen molar-refractivity contribution in [1.29, 1.82) is 0 Å². The SMILES string of the molecule is Cc1ccc2ccn(Cc3csc(C(C)C)n3)c2c1. The highest BCUT2D eigenvalue weighted by Gasteiger charge is 2.07. The molecule has 0 amide bonds. The molecule has 3 heteroatoms. The monoisotopic (exact) mass is 270 g/mol. The number of nitrogens with zero attached hydrogens (tertiary/aromatic N) is 2. The fourth-order valence-corrected chi connectivity index (χ4v) is 3.09. The van der Waals surface area contributed by atoms with Crippen LogP contribution in [0.1, 0.15) is 36.0 Å². The van der Waals surface area contributed by atoms with Crippen LogP contribution in [0.15, 0.2) is 35.8 Å². The smallest absolute Gasteiger partial charge is 0.0954 e. The van der Waals surface area contributed by atoms with Crippen molar-refractivity contribution in [2.45, 2.75) is 33.2 Å². The lowest BCUT2D eigenvalue weighted by molar-refractivity contribution is 0.787. The molecule has 0 atom stereocenters. The third-order valence-corrected chi connectivity index (χ3v) is 4.52.